The van der Waals surface area contributed by atoms with Crippen LogP contribution in [0.1, 0.15) is 22.1 Å². The van der Waals surface area contributed by atoms with Crippen molar-refractivity contribution in [2.75, 3.05) is 5.32 Å². The van der Waals surface area contributed by atoms with Gasteiger partial charge in [-0.25, -0.2) is 0 Å². The van der Waals surface area contributed by atoms with E-state index in [-0.39, 0.29) is 11.3 Å². The second-order valence-corrected chi connectivity index (χ2v) is 7.01. The number of amides is 1. The Morgan fingerprint density at radius 1 is 1.26 bits per heavy atom. The monoisotopic (exact) mass is 331 g/mol. The third-order valence-corrected chi connectivity index (χ3v) is 5.01. The number of carbonyl (C=O) groups is 1. The van der Waals surface area contributed by atoms with E-state index in [2.05, 4.69) is 5.32 Å². The average Bonchev–Trinajstić information content (AvgIpc) is 2.88. The van der Waals surface area contributed by atoms with E-state index in [0.717, 1.165) is 22.4 Å². The number of thiophene rings is 1. The number of carbonyl (C=O) groups excluding carboxylic acids is 1. The topological polar surface area (TPSA) is 29.1 Å². The first-order valence-corrected chi connectivity index (χ1v) is 7.57. The zero-order valence-electron chi connectivity index (χ0n) is 9.54. The van der Waals surface area contributed by atoms with Gasteiger partial charge >= 0.3 is 0 Å². The van der Waals surface area contributed by atoms with Crippen LogP contribution < -0.4 is 5.32 Å². The van der Waals surface area contributed by atoms with Crippen LogP contribution in [0.25, 0.3) is 0 Å². The predicted octanol–water partition coefficient (Wildman–Crippen LogP) is 4.88. The summed E-state index contributed by atoms with van der Waals surface area (Å²) in [6.07, 6.45) is 0.394. The molecule has 1 aromatic heterocycles. The Hall–Kier alpha value is -0.740. The van der Waals surface area contributed by atoms with Crippen molar-refractivity contribution in [3.63, 3.8) is 0 Å². The second-order valence-electron chi connectivity index (χ2n) is 4.28. The largest absolute Gasteiger partial charge is 0.326 e. The molecule has 0 fully saturated rings. The maximum atomic E-state index is 11.3. The van der Waals surface area contributed by atoms with E-state index in [9.17, 15) is 4.79 Å². The minimum absolute atomic E-state index is 0.00915. The highest BCUT2D eigenvalue weighted by Crippen LogP contribution is 2.41. The number of fused-ring (bicyclic) bond motifs is 1. The summed E-state index contributed by atoms with van der Waals surface area (Å²) >= 11 is 19.8. The first-order chi connectivity index (χ1) is 9.04. The molecule has 0 saturated heterocycles. The van der Waals surface area contributed by atoms with Gasteiger partial charge in [0, 0.05) is 11.3 Å². The minimum atomic E-state index is -0.364. The van der Waals surface area contributed by atoms with Crippen molar-refractivity contribution in [1.29, 1.82) is 0 Å². The third kappa shape index (κ3) is 2.48. The molecule has 1 aromatic carbocycles. The molecule has 2 nitrogen and oxygen atoms in total. The van der Waals surface area contributed by atoms with Crippen molar-refractivity contribution in [2.45, 2.75) is 11.8 Å². The molecule has 98 valence electrons. The number of nitrogens with one attached hydrogen (secondary N) is 1. The summed E-state index contributed by atoms with van der Waals surface area (Å²) in [6.45, 7) is 0. The number of hydrogen-bond donors (Lipinski definition) is 1. The summed E-state index contributed by atoms with van der Waals surface area (Å²) in [7, 11) is 0. The number of halogens is 3. The van der Waals surface area contributed by atoms with E-state index >= 15 is 0 Å². The molecule has 0 aliphatic carbocycles. The van der Waals surface area contributed by atoms with Crippen LogP contribution >= 0.6 is 46.1 Å². The summed E-state index contributed by atoms with van der Waals surface area (Å²) in [6, 6.07) is 7.48. The fourth-order valence-corrected chi connectivity index (χ4v) is 4.07. The zero-order chi connectivity index (χ0) is 13.6. The van der Waals surface area contributed by atoms with Crippen LogP contribution in [-0.4, -0.2) is 5.91 Å². The Bertz CT molecular complexity index is 668. The van der Waals surface area contributed by atoms with Crippen LogP contribution in [0.4, 0.5) is 5.69 Å². The Morgan fingerprint density at radius 2 is 2.05 bits per heavy atom. The average molecular weight is 333 g/mol. The molecule has 0 saturated carbocycles. The highest BCUT2D eigenvalue weighted by molar-refractivity contribution is 7.20. The van der Waals surface area contributed by atoms with Crippen molar-refractivity contribution in [2.24, 2.45) is 0 Å². The number of rotatable bonds is 2. The van der Waals surface area contributed by atoms with E-state index < -0.39 is 0 Å². The highest BCUT2D eigenvalue weighted by atomic mass is 35.5. The van der Waals surface area contributed by atoms with Gasteiger partial charge in [-0.2, -0.15) is 0 Å². The van der Waals surface area contributed by atoms with Gasteiger partial charge in [0.05, 0.1) is 20.5 Å². The van der Waals surface area contributed by atoms with Crippen molar-refractivity contribution in [3.8, 4) is 0 Å². The Labute approximate surface area is 129 Å². The number of benzene rings is 1. The molecule has 0 spiro atoms. The molecule has 3 rings (SSSR count). The van der Waals surface area contributed by atoms with Gasteiger partial charge in [-0.3, -0.25) is 4.79 Å². The SMILES string of the molecule is O=C1Cc2cc(C(Cl)c3cc(Cl)sc3Cl)ccc2N1. The first-order valence-electron chi connectivity index (χ1n) is 5.56. The Morgan fingerprint density at radius 3 is 2.74 bits per heavy atom. The standard InChI is InChI=1S/C13H8Cl3NOS/c14-10-5-8(13(16)19-10)12(15)6-1-2-9-7(3-6)4-11(18)17-9/h1-3,5,12H,4H2,(H,17,18). The van der Waals surface area contributed by atoms with Crippen LogP contribution in [0.5, 0.6) is 0 Å². The molecule has 2 heterocycles. The van der Waals surface area contributed by atoms with E-state index in [1.165, 1.54) is 11.3 Å². The molecule has 1 N–H and O–H groups in total. The lowest BCUT2D eigenvalue weighted by atomic mass is 10.0. The van der Waals surface area contributed by atoms with Gasteiger partial charge in [0.25, 0.3) is 0 Å². The lowest BCUT2D eigenvalue weighted by molar-refractivity contribution is -0.115. The summed E-state index contributed by atoms with van der Waals surface area (Å²) < 4.78 is 1.21. The molecule has 6 heteroatoms. The number of anilines is 1. The second kappa shape index (κ2) is 4.98. The zero-order valence-corrected chi connectivity index (χ0v) is 12.6. The lowest BCUT2D eigenvalue weighted by Crippen LogP contribution is -2.03. The number of alkyl halides is 1. The lowest BCUT2D eigenvalue weighted by Gasteiger charge is -2.10. The normalized spacial score (nSPS) is 15.2. The molecule has 1 unspecified atom stereocenters. The summed E-state index contributed by atoms with van der Waals surface area (Å²) in [5.41, 5.74) is 3.53. The van der Waals surface area contributed by atoms with Crippen molar-refractivity contribution < 1.29 is 4.79 Å². The van der Waals surface area contributed by atoms with Crippen LogP contribution in [0.15, 0.2) is 24.3 Å². The molecule has 1 amide bonds. The van der Waals surface area contributed by atoms with Gasteiger partial charge in [0.1, 0.15) is 0 Å². The fraction of sp³-hybridized carbons (Fsp3) is 0.154. The summed E-state index contributed by atoms with van der Waals surface area (Å²) in [5, 5.41) is 2.43. The van der Waals surface area contributed by atoms with Gasteiger partial charge in [-0.1, -0.05) is 35.3 Å². The van der Waals surface area contributed by atoms with E-state index in [1.807, 2.05) is 18.2 Å². The van der Waals surface area contributed by atoms with Crippen LogP contribution in [-0.2, 0) is 11.2 Å². The molecule has 1 aliphatic heterocycles. The van der Waals surface area contributed by atoms with Gasteiger partial charge in [0.15, 0.2) is 0 Å². The third-order valence-electron chi connectivity index (χ3n) is 3.00. The molecule has 19 heavy (non-hydrogen) atoms. The molecule has 0 bridgehead atoms. The molecular formula is C13H8Cl3NOS. The molecule has 1 atom stereocenters. The smallest absolute Gasteiger partial charge is 0.228 e. The van der Waals surface area contributed by atoms with Gasteiger partial charge < -0.3 is 5.32 Å². The van der Waals surface area contributed by atoms with Crippen LogP contribution in [0.2, 0.25) is 8.67 Å². The minimum Gasteiger partial charge on any atom is -0.326 e. The van der Waals surface area contributed by atoms with E-state index in [4.69, 9.17) is 34.8 Å². The molecule has 1 aliphatic rings. The van der Waals surface area contributed by atoms with Crippen LogP contribution in [0.3, 0.4) is 0 Å². The van der Waals surface area contributed by atoms with Crippen molar-refractivity contribution in [1.82, 2.24) is 0 Å². The van der Waals surface area contributed by atoms with Crippen LogP contribution in [0, 0.1) is 0 Å². The summed E-state index contributed by atoms with van der Waals surface area (Å²) in [4.78, 5) is 11.3. The predicted molar refractivity (Wildman–Crippen MR) is 80.8 cm³/mol. The van der Waals surface area contributed by atoms with Gasteiger partial charge in [-0.05, 0) is 23.3 Å². The fourth-order valence-electron chi connectivity index (χ4n) is 2.11. The Kier molecular flexibility index (Phi) is 3.48. The number of hydrogen-bond acceptors (Lipinski definition) is 2. The molecule has 0 radical (unpaired) electrons. The van der Waals surface area contributed by atoms with E-state index in [1.54, 1.807) is 6.07 Å². The van der Waals surface area contributed by atoms with Crippen molar-refractivity contribution >= 4 is 57.7 Å². The maximum Gasteiger partial charge on any atom is 0.228 e. The first kappa shape index (κ1) is 13.3. The Balaban J connectivity index is 1.97. The quantitative estimate of drug-likeness (QED) is 0.780. The summed E-state index contributed by atoms with van der Waals surface area (Å²) in [5.74, 6) is 0.00915. The highest BCUT2D eigenvalue weighted by Gasteiger charge is 2.22. The molecular weight excluding hydrogens is 325 g/mol. The van der Waals surface area contributed by atoms with Gasteiger partial charge in [0.2, 0.25) is 5.91 Å². The molecule has 2 aromatic rings. The van der Waals surface area contributed by atoms with E-state index in [0.29, 0.717) is 15.1 Å². The van der Waals surface area contributed by atoms with Crippen molar-refractivity contribution in [3.05, 3.63) is 49.6 Å². The maximum absolute atomic E-state index is 11.3. The van der Waals surface area contributed by atoms with Gasteiger partial charge in [-0.15, -0.1) is 22.9 Å².